The monoisotopic (exact) mass is 288 g/mol. The van der Waals surface area contributed by atoms with Gasteiger partial charge in [0.25, 0.3) is 5.89 Å². The minimum Gasteiger partial charge on any atom is -0.377 e. The topological polar surface area (TPSA) is 104 Å². The molecule has 0 aromatic carbocycles. The summed E-state index contributed by atoms with van der Waals surface area (Å²) in [6, 6.07) is -0.426. The third-order valence-corrected chi connectivity index (χ3v) is 2.94. The molecule has 0 bridgehead atoms. The van der Waals surface area contributed by atoms with Crippen LogP contribution in [0.1, 0.15) is 25.7 Å². The summed E-state index contributed by atoms with van der Waals surface area (Å²) in [6.45, 7) is 4.23. The number of ether oxygens (including phenoxy) is 1. The molecule has 3 aromatic rings. The zero-order valence-electron chi connectivity index (χ0n) is 11.8. The molecule has 0 aliphatic heterocycles. The van der Waals surface area contributed by atoms with E-state index in [4.69, 9.17) is 15.0 Å². The Morgan fingerprint density at radius 2 is 2.24 bits per heavy atom. The van der Waals surface area contributed by atoms with Crippen LogP contribution in [0.5, 0.6) is 0 Å². The lowest BCUT2D eigenvalue weighted by Crippen LogP contribution is -2.20. The highest BCUT2D eigenvalue weighted by molar-refractivity contribution is 5.73. The Labute approximate surface area is 120 Å². The van der Waals surface area contributed by atoms with Crippen molar-refractivity contribution in [3.63, 3.8) is 0 Å². The van der Waals surface area contributed by atoms with E-state index in [2.05, 4.69) is 20.2 Å². The molecule has 3 aromatic heterocycles. The molecule has 8 heteroatoms. The maximum atomic E-state index is 5.98. The van der Waals surface area contributed by atoms with Gasteiger partial charge in [-0.2, -0.15) is 10.1 Å². The molecule has 0 radical (unpaired) electrons. The molecule has 0 saturated carbocycles. The lowest BCUT2D eigenvalue weighted by Gasteiger charge is -2.10. The standard InChI is InChI=1S/C13H16N6O2/c1-8(2)20-7-10(14)12-17-13(21-18-12)9-5-16-19-4-3-15-6-11(9)19/h3-6,8,10H,7,14H2,1-2H3. The Hall–Kier alpha value is -2.32. The molecule has 8 nitrogen and oxygen atoms in total. The molecule has 0 spiro atoms. The Kier molecular flexibility index (Phi) is 3.63. The Balaban J connectivity index is 1.84. The molecule has 0 aliphatic rings. The van der Waals surface area contributed by atoms with Gasteiger partial charge < -0.3 is 15.0 Å². The number of rotatable bonds is 5. The van der Waals surface area contributed by atoms with E-state index in [1.165, 1.54) is 0 Å². The van der Waals surface area contributed by atoms with E-state index >= 15 is 0 Å². The van der Waals surface area contributed by atoms with E-state index in [0.29, 0.717) is 18.3 Å². The van der Waals surface area contributed by atoms with Crippen LogP contribution in [0.3, 0.4) is 0 Å². The summed E-state index contributed by atoms with van der Waals surface area (Å²) in [5.74, 6) is 0.780. The van der Waals surface area contributed by atoms with Crippen molar-refractivity contribution in [1.82, 2.24) is 24.7 Å². The SMILES string of the molecule is CC(C)OCC(N)c1noc(-c2cnn3ccncc23)n1. The first-order chi connectivity index (χ1) is 10.1. The summed E-state index contributed by atoms with van der Waals surface area (Å²) in [7, 11) is 0. The molecule has 0 aliphatic carbocycles. The summed E-state index contributed by atoms with van der Waals surface area (Å²) in [5.41, 5.74) is 7.49. The van der Waals surface area contributed by atoms with E-state index in [9.17, 15) is 0 Å². The van der Waals surface area contributed by atoms with E-state index in [1.807, 2.05) is 13.8 Å². The van der Waals surface area contributed by atoms with Gasteiger partial charge in [0.05, 0.1) is 42.2 Å². The lowest BCUT2D eigenvalue weighted by atomic mass is 10.3. The number of hydrogen-bond acceptors (Lipinski definition) is 7. The fourth-order valence-electron chi connectivity index (χ4n) is 1.86. The number of nitrogens with two attached hydrogens (primary N) is 1. The highest BCUT2D eigenvalue weighted by atomic mass is 16.5. The summed E-state index contributed by atoms with van der Waals surface area (Å²) >= 11 is 0. The molecule has 1 atom stereocenters. The second-order valence-electron chi connectivity index (χ2n) is 4.91. The van der Waals surface area contributed by atoms with Gasteiger partial charge in [0.2, 0.25) is 0 Å². The average molecular weight is 288 g/mol. The number of hydrogen-bond donors (Lipinski definition) is 1. The molecule has 2 N–H and O–H groups in total. The fourth-order valence-corrected chi connectivity index (χ4v) is 1.86. The number of aromatic nitrogens is 5. The molecule has 1 unspecified atom stereocenters. The zero-order chi connectivity index (χ0) is 14.8. The molecule has 0 amide bonds. The summed E-state index contributed by atoms with van der Waals surface area (Å²) in [4.78, 5) is 8.38. The molecule has 0 saturated heterocycles. The van der Waals surface area contributed by atoms with Gasteiger partial charge in [0.15, 0.2) is 5.82 Å². The van der Waals surface area contributed by atoms with Gasteiger partial charge in [0.1, 0.15) is 0 Å². The smallest absolute Gasteiger partial charge is 0.261 e. The molecular formula is C13H16N6O2. The van der Waals surface area contributed by atoms with Crippen molar-refractivity contribution in [2.24, 2.45) is 5.73 Å². The predicted molar refractivity (Wildman–Crippen MR) is 74.3 cm³/mol. The van der Waals surface area contributed by atoms with Crippen LogP contribution in [0.4, 0.5) is 0 Å². The molecule has 0 fully saturated rings. The van der Waals surface area contributed by atoms with Crippen LogP contribution < -0.4 is 5.73 Å². The normalized spacial score (nSPS) is 13.1. The maximum absolute atomic E-state index is 5.98. The third kappa shape index (κ3) is 2.76. The van der Waals surface area contributed by atoms with Crippen LogP contribution in [0.2, 0.25) is 0 Å². The van der Waals surface area contributed by atoms with Crippen molar-refractivity contribution in [2.45, 2.75) is 26.0 Å². The van der Waals surface area contributed by atoms with E-state index < -0.39 is 6.04 Å². The van der Waals surface area contributed by atoms with Gasteiger partial charge in [0, 0.05) is 12.4 Å². The quantitative estimate of drug-likeness (QED) is 0.752. The Morgan fingerprint density at radius 3 is 3.05 bits per heavy atom. The summed E-state index contributed by atoms with van der Waals surface area (Å²) in [6.07, 6.45) is 6.85. The van der Waals surface area contributed by atoms with Crippen LogP contribution in [0.15, 0.2) is 29.3 Å². The third-order valence-electron chi connectivity index (χ3n) is 2.94. The van der Waals surface area contributed by atoms with Gasteiger partial charge in [-0.15, -0.1) is 0 Å². The van der Waals surface area contributed by atoms with Crippen molar-refractivity contribution in [1.29, 1.82) is 0 Å². The zero-order valence-corrected chi connectivity index (χ0v) is 11.8. The second-order valence-corrected chi connectivity index (χ2v) is 4.91. The minimum atomic E-state index is -0.426. The Morgan fingerprint density at radius 1 is 1.38 bits per heavy atom. The molecular weight excluding hydrogens is 272 g/mol. The van der Waals surface area contributed by atoms with Gasteiger partial charge in [-0.1, -0.05) is 5.16 Å². The Bertz CT molecular complexity index is 735. The highest BCUT2D eigenvalue weighted by Gasteiger charge is 2.18. The summed E-state index contributed by atoms with van der Waals surface area (Å²) in [5, 5.41) is 8.11. The maximum Gasteiger partial charge on any atom is 0.261 e. The van der Waals surface area contributed by atoms with Gasteiger partial charge in [-0.3, -0.25) is 4.98 Å². The molecule has 3 heterocycles. The molecule has 3 rings (SSSR count). The van der Waals surface area contributed by atoms with Crippen LogP contribution in [-0.4, -0.2) is 37.4 Å². The van der Waals surface area contributed by atoms with Crippen molar-refractivity contribution in [2.75, 3.05) is 6.61 Å². The van der Waals surface area contributed by atoms with Crippen LogP contribution in [-0.2, 0) is 4.74 Å². The largest absolute Gasteiger partial charge is 0.377 e. The minimum absolute atomic E-state index is 0.105. The first-order valence-electron chi connectivity index (χ1n) is 6.63. The average Bonchev–Trinajstić information content (AvgIpc) is 3.10. The van der Waals surface area contributed by atoms with Gasteiger partial charge >= 0.3 is 0 Å². The van der Waals surface area contributed by atoms with Gasteiger partial charge in [-0.25, -0.2) is 4.52 Å². The molecule has 110 valence electrons. The van der Waals surface area contributed by atoms with Crippen molar-refractivity contribution in [3.8, 4) is 11.5 Å². The van der Waals surface area contributed by atoms with Crippen LogP contribution in [0.25, 0.3) is 17.0 Å². The van der Waals surface area contributed by atoms with E-state index in [1.54, 1.807) is 29.3 Å². The second kappa shape index (κ2) is 5.58. The van der Waals surface area contributed by atoms with Crippen LogP contribution >= 0.6 is 0 Å². The fraction of sp³-hybridized carbons (Fsp3) is 0.385. The lowest BCUT2D eigenvalue weighted by molar-refractivity contribution is 0.0665. The van der Waals surface area contributed by atoms with Crippen molar-refractivity contribution >= 4 is 5.52 Å². The highest BCUT2D eigenvalue weighted by Crippen LogP contribution is 2.23. The first kappa shape index (κ1) is 13.7. The predicted octanol–water partition coefficient (Wildman–Crippen LogP) is 1.20. The number of fused-ring (bicyclic) bond motifs is 1. The van der Waals surface area contributed by atoms with Gasteiger partial charge in [-0.05, 0) is 13.8 Å². The summed E-state index contributed by atoms with van der Waals surface area (Å²) < 4.78 is 12.4. The molecule has 21 heavy (non-hydrogen) atoms. The number of nitrogens with zero attached hydrogens (tertiary/aromatic N) is 5. The van der Waals surface area contributed by atoms with Crippen LogP contribution in [0, 0.1) is 0 Å². The van der Waals surface area contributed by atoms with E-state index in [-0.39, 0.29) is 6.10 Å². The van der Waals surface area contributed by atoms with E-state index in [0.717, 1.165) is 11.1 Å². The van der Waals surface area contributed by atoms with Crippen molar-refractivity contribution in [3.05, 3.63) is 30.6 Å². The first-order valence-corrected chi connectivity index (χ1v) is 6.63. The van der Waals surface area contributed by atoms with Crippen molar-refractivity contribution < 1.29 is 9.26 Å².